The molecule has 2 N–H and O–H groups in total. The SMILES string of the molecule is O=C(O)/C=C/c1ccc(=O)[nH]n1. The molecule has 0 spiro atoms. The van der Waals surface area contributed by atoms with E-state index in [9.17, 15) is 9.59 Å². The third-order valence-corrected chi connectivity index (χ3v) is 1.10. The zero-order valence-electron chi connectivity index (χ0n) is 6.02. The second-order valence-corrected chi connectivity index (χ2v) is 2.02. The number of carbonyl (C=O) groups is 1. The maximum Gasteiger partial charge on any atom is 0.328 e. The molecule has 0 aliphatic carbocycles. The summed E-state index contributed by atoms with van der Waals surface area (Å²) in [4.78, 5) is 20.6. The summed E-state index contributed by atoms with van der Waals surface area (Å²) in [6.07, 6.45) is 2.24. The zero-order chi connectivity index (χ0) is 8.97. The van der Waals surface area contributed by atoms with Crippen LogP contribution in [0, 0.1) is 0 Å². The molecule has 1 aromatic rings. The number of hydrogen-bond donors (Lipinski definition) is 2. The molecule has 0 atom stereocenters. The normalized spacial score (nSPS) is 10.3. The molecule has 1 rings (SSSR count). The fourth-order valence-corrected chi connectivity index (χ4v) is 0.605. The van der Waals surface area contributed by atoms with Crippen molar-refractivity contribution >= 4 is 12.0 Å². The predicted molar refractivity (Wildman–Crippen MR) is 41.5 cm³/mol. The van der Waals surface area contributed by atoms with Crippen LogP contribution in [-0.4, -0.2) is 21.3 Å². The lowest BCUT2D eigenvalue weighted by Gasteiger charge is -1.87. The van der Waals surface area contributed by atoms with E-state index in [-0.39, 0.29) is 5.56 Å². The predicted octanol–water partition coefficient (Wildman–Crippen LogP) is -0.132. The average Bonchev–Trinajstić information content (AvgIpc) is 2.03. The van der Waals surface area contributed by atoms with Crippen molar-refractivity contribution in [3.05, 3.63) is 34.3 Å². The highest BCUT2D eigenvalue weighted by molar-refractivity contribution is 5.84. The number of aliphatic carboxylic acids is 1. The van der Waals surface area contributed by atoms with Gasteiger partial charge in [-0.3, -0.25) is 4.79 Å². The minimum atomic E-state index is -1.05. The molecule has 0 saturated heterocycles. The van der Waals surface area contributed by atoms with Gasteiger partial charge in [-0.2, -0.15) is 5.10 Å². The van der Waals surface area contributed by atoms with E-state index in [2.05, 4.69) is 10.2 Å². The molecule has 0 radical (unpaired) electrons. The van der Waals surface area contributed by atoms with Crippen LogP contribution in [0.25, 0.3) is 6.08 Å². The second-order valence-electron chi connectivity index (χ2n) is 2.02. The van der Waals surface area contributed by atoms with E-state index in [1.807, 2.05) is 0 Å². The summed E-state index contributed by atoms with van der Waals surface area (Å²) >= 11 is 0. The lowest BCUT2D eigenvalue weighted by atomic mass is 10.3. The van der Waals surface area contributed by atoms with E-state index in [1.165, 1.54) is 18.2 Å². The highest BCUT2D eigenvalue weighted by atomic mass is 16.4. The molecular formula is C7H6N2O3. The monoisotopic (exact) mass is 166 g/mol. The van der Waals surface area contributed by atoms with Crippen molar-refractivity contribution in [2.24, 2.45) is 0 Å². The Bertz CT molecular complexity index is 347. The number of hydrogen-bond acceptors (Lipinski definition) is 3. The van der Waals surface area contributed by atoms with Crippen LogP contribution in [0.15, 0.2) is 23.0 Å². The maximum absolute atomic E-state index is 10.5. The van der Waals surface area contributed by atoms with Gasteiger partial charge in [-0.1, -0.05) is 0 Å². The molecular weight excluding hydrogens is 160 g/mol. The number of aromatic amines is 1. The number of nitrogens with one attached hydrogen (secondary N) is 1. The Hall–Kier alpha value is -1.91. The van der Waals surface area contributed by atoms with Crippen LogP contribution in [0.3, 0.4) is 0 Å². The van der Waals surface area contributed by atoms with Gasteiger partial charge in [-0.15, -0.1) is 0 Å². The van der Waals surface area contributed by atoms with E-state index in [4.69, 9.17) is 5.11 Å². The van der Waals surface area contributed by atoms with E-state index >= 15 is 0 Å². The van der Waals surface area contributed by atoms with Gasteiger partial charge in [0.2, 0.25) is 0 Å². The number of carboxylic acid groups (broad SMARTS) is 1. The number of carboxylic acids is 1. The number of aromatic nitrogens is 2. The Morgan fingerprint density at radius 3 is 2.83 bits per heavy atom. The Labute approximate surface area is 67.4 Å². The first-order chi connectivity index (χ1) is 5.68. The van der Waals surface area contributed by atoms with Crippen LogP contribution in [0.1, 0.15) is 5.69 Å². The summed E-state index contributed by atoms with van der Waals surface area (Å²) < 4.78 is 0. The third-order valence-electron chi connectivity index (χ3n) is 1.10. The number of rotatable bonds is 2. The molecule has 0 bridgehead atoms. The molecule has 5 heteroatoms. The van der Waals surface area contributed by atoms with Crippen molar-refractivity contribution in [2.75, 3.05) is 0 Å². The first kappa shape index (κ1) is 8.19. The molecule has 1 aromatic heterocycles. The molecule has 0 aliphatic heterocycles. The van der Waals surface area contributed by atoms with E-state index in [1.54, 1.807) is 0 Å². The number of H-pyrrole nitrogens is 1. The third kappa shape index (κ3) is 2.37. The molecule has 12 heavy (non-hydrogen) atoms. The molecule has 0 aromatic carbocycles. The van der Waals surface area contributed by atoms with Gasteiger partial charge in [-0.25, -0.2) is 9.89 Å². The van der Waals surface area contributed by atoms with Gasteiger partial charge in [-0.05, 0) is 12.1 Å². The Kier molecular flexibility index (Phi) is 2.37. The molecule has 1 heterocycles. The summed E-state index contributed by atoms with van der Waals surface area (Å²) in [6, 6.07) is 2.70. The van der Waals surface area contributed by atoms with Crippen LogP contribution in [0.5, 0.6) is 0 Å². The van der Waals surface area contributed by atoms with Crippen LogP contribution in [-0.2, 0) is 4.79 Å². The second kappa shape index (κ2) is 3.47. The fraction of sp³-hybridized carbons (Fsp3) is 0. The largest absolute Gasteiger partial charge is 0.478 e. The van der Waals surface area contributed by atoms with Gasteiger partial charge in [0, 0.05) is 12.1 Å². The van der Waals surface area contributed by atoms with E-state index in [0.29, 0.717) is 5.69 Å². The number of nitrogens with zero attached hydrogens (tertiary/aromatic N) is 1. The molecule has 62 valence electrons. The smallest absolute Gasteiger partial charge is 0.328 e. The first-order valence-corrected chi connectivity index (χ1v) is 3.15. The van der Waals surface area contributed by atoms with Gasteiger partial charge in [0.25, 0.3) is 5.56 Å². The zero-order valence-corrected chi connectivity index (χ0v) is 6.02. The van der Waals surface area contributed by atoms with E-state index in [0.717, 1.165) is 6.08 Å². The van der Waals surface area contributed by atoms with Crippen LogP contribution in [0.2, 0.25) is 0 Å². The summed E-state index contributed by atoms with van der Waals surface area (Å²) in [5.41, 5.74) is 0.0828. The Morgan fingerprint density at radius 2 is 2.33 bits per heavy atom. The summed E-state index contributed by atoms with van der Waals surface area (Å²) in [5.74, 6) is -1.05. The van der Waals surface area contributed by atoms with Crippen molar-refractivity contribution in [3.8, 4) is 0 Å². The lowest BCUT2D eigenvalue weighted by molar-refractivity contribution is -0.131. The minimum Gasteiger partial charge on any atom is -0.478 e. The van der Waals surface area contributed by atoms with Gasteiger partial charge in [0.05, 0.1) is 5.69 Å². The average molecular weight is 166 g/mol. The minimum absolute atomic E-state index is 0.317. The van der Waals surface area contributed by atoms with Crippen LogP contribution >= 0.6 is 0 Å². The van der Waals surface area contributed by atoms with Gasteiger partial charge >= 0.3 is 5.97 Å². The van der Waals surface area contributed by atoms with Crippen molar-refractivity contribution in [1.82, 2.24) is 10.2 Å². The Morgan fingerprint density at radius 1 is 1.58 bits per heavy atom. The lowest BCUT2D eigenvalue weighted by Crippen LogP contribution is -2.05. The van der Waals surface area contributed by atoms with Gasteiger partial charge in [0.15, 0.2) is 0 Å². The fourth-order valence-electron chi connectivity index (χ4n) is 0.605. The van der Waals surface area contributed by atoms with Crippen molar-refractivity contribution in [3.63, 3.8) is 0 Å². The maximum atomic E-state index is 10.5. The molecule has 5 nitrogen and oxygen atoms in total. The molecule has 0 amide bonds. The van der Waals surface area contributed by atoms with Gasteiger partial charge < -0.3 is 5.11 Å². The summed E-state index contributed by atoms with van der Waals surface area (Å²) in [7, 11) is 0. The molecule has 0 unspecified atom stereocenters. The highest BCUT2D eigenvalue weighted by Gasteiger charge is 1.89. The van der Waals surface area contributed by atoms with Gasteiger partial charge in [0.1, 0.15) is 0 Å². The van der Waals surface area contributed by atoms with Crippen LogP contribution in [0.4, 0.5) is 0 Å². The summed E-state index contributed by atoms with van der Waals surface area (Å²) in [6.45, 7) is 0. The van der Waals surface area contributed by atoms with Crippen LogP contribution < -0.4 is 5.56 Å². The van der Waals surface area contributed by atoms with Crippen molar-refractivity contribution in [2.45, 2.75) is 0 Å². The standard InChI is InChI=1S/C7H6N2O3/c10-6-3-1-5(8-9-6)2-4-7(11)12/h1-4H,(H,9,10)(H,11,12)/b4-2+. The first-order valence-electron chi connectivity index (χ1n) is 3.15. The van der Waals surface area contributed by atoms with E-state index < -0.39 is 5.97 Å². The molecule has 0 aliphatic rings. The summed E-state index contributed by atoms with van der Waals surface area (Å²) in [5, 5.41) is 14.0. The van der Waals surface area contributed by atoms with Crippen molar-refractivity contribution < 1.29 is 9.90 Å². The Balaban J connectivity index is 2.84. The molecule has 0 saturated carbocycles. The quantitative estimate of drug-likeness (QED) is 0.599. The topological polar surface area (TPSA) is 83.0 Å². The highest BCUT2D eigenvalue weighted by Crippen LogP contribution is 1.91. The molecule has 0 fully saturated rings. The van der Waals surface area contributed by atoms with Crippen molar-refractivity contribution in [1.29, 1.82) is 0 Å².